The van der Waals surface area contributed by atoms with E-state index in [9.17, 15) is 27.9 Å². The third-order valence-corrected chi connectivity index (χ3v) is 6.42. The molecule has 0 aliphatic carbocycles. The Morgan fingerprint density at radius 2 is 2.06 bits per heavy atom. The third kappa shape index (κ3) is 4.68. The molecule has 32 heavy (non-hydrogen) atoms. The average Bonchev–Trinajstić information content (AvgIpc) is 2.70. The fourth-order valence-electron chi connectivity index (χ4n) is 3.10. The Hall–Kier alpha value is -3.17. The van der Waals surface area contributed by atoms with Crippen LogP contribution in [0.5, 0.6) is 5.75 Å². The SMILES string of the molecule is COC1=C(OC(=O)O)N2C(=O)[C@@H](NC(=O)C(N)c3ccc(O)c(NS(C)(=O)=O)c3)[C@@H]2SC1. The van der Waals surface area contributed by atoms with Crippen LogP contribution in [-0.2, 0) is 29.1 Å². The Bertz CT molecular complexity index is 1110. The van der Waals surface area contributed by atoms with Crippen molar-refractivity contribution >= 4 is 45.4 Å². The minimum atomic E-state index is -3.69. The zero-order chi connectivity index (χ0) is 23.8. The highest BCUT2D eigenvalue weighted by atomic mass is 32.2. The van der Waals surface area contributed by atoms with Gasteiger partial charge in [-0.15, -0.1) is 11.8 Å². The van der Waals surface area contributed by atoms with Crippen molar-refractivity contribution in [3.05, 3.63) is 35.4 Å². The highest BCUT2D eigenvalue weighted by molar-refractivity contribution is 8.00. The molecule has 1 unspecified atom stereocenters. The van der Waals surface area contributed by atoms with Gasteiger partial charge in [0.2, 0.25) is 21.8 Å². The summed E-state index contributed by atoms with van der Waals surface area (Å²) >= 11 is 1.23. The Labute approximate surface area is 186 Å². The summed E-state index contributed by atoms with van der Waals surface area (Å²) in [6.45, 7) is 0. The molecule has 2 amide bonds. The van der Waals surface area contributed by atoms with Crippen LogP contribution in [-0.4, -0.2) is 72.0 Å². The summed E-state index contributed by atoms with van der Waals surface area (Å²) in [7, 11) is -2.38. The van der Waals surface area contributed by atoms with Crippen molar-refractivity contribution in [2.24, 2.45) is 5.73 Å². The standard InChI is InChI=1S/C17H20N4O9S2/c1-29-10-6-31-16-12(14(24)21(16)15(10)30-17(25)26)19-13(23)11(18)7-3-4-9(22)8(5-7)20-32(2,27)28/h3-5,11-12,16,20,22H,6,18H2,1-2H3,(H,19,23)(H,25,26)/t11?,12-,16+/m1/s1. The number of thioether (sulfide) groups is 1. The summed E-state index contributed by atoms with van der Waals surface area (Å²) in [5, 5.41) is 20.6. The molecule has 6 N–H and O–H groups in total. The predicted octanol–water partition coefficient (Wildman–Crippen LogP) is -0.326. The summed E-state index contributed by atoms with van der Waals surface area (Å²) in [5.41, 5.74) is 5.99. The van der Waals surface area contributed by atoms with E-state index >= 15 is 0 Å². The van der Waals surface area contributed by atoms with Gasteiger partial charge in [0.15, 0.2) is 5.76 Å². The van der Waals surface area contributed by atoms with Crippen molar-refractivity contribution < 1.29 is 42.5 Å². The smallest absolute Gasteiger partial charge is 0.506 e. The molecule has 0 radical (unpaired) electrons. The normalized spacial score (nSPS) is 21.2. The first kappa shape index (κ1) is 23.5. The largest absolute Gasteiger partial charge is 0.512 e. The Morgan fingerprint density at radius 3 is 2.66 bits per heavy atom. The molecule has 2 aliphatic heterocycles. The lowest BCUT2D eigenvalue weighted by Gasteiger charge is -2.48. The molecule has 15 heteroatoms. The van der Waals surface area contributed by atoms with E-state index in [-0.39, 0.29) is 34.4 Å². The molecule has 0 aromatic heterocycles. The van der Waals surface area contributed by atoms with E-state index < -0.39 is 45.5 Å². The first-order valence-corrected chi connectivity index (χ1v) is 11.9. The van der Waals surface area contributed by atoms with Crippen LogP contribution in [0.4, 0.5) is 10.5 Å². The van der Waals surface area contributed by atoms with Crippen molar-refractivity contribution in [2.45, 2.75) is 17.5 Å². The number of phenolic OH excluding ortho intramolecular Hbond substituents is 1. The lowest BCUT2D eigenvalue weighted by Crippen LogP contribution is -2.70. The van der Waals surface area contributed by atoms with Gasteiger partial charge in [0.1, 0.15) is 23.2 Å². The topological polar surface area (TPSA) is 198 Å². The number of sulfonamides is 1. The maximum absolute atomic E-state index is 12.6. The molecule has 0 saturated carbocycles. The van der Waals surface area contributed by atoms with Crippen LogP contribution < -0.4 is 15.8 Å². The quantitative estimate of drug-likeness (QED) is 0.191. The number of carboxylic acid groups (broad SMARTS) is 1. The molecule has 174 valence electrons. The lowest BCUT2D eigenvalue weighted by atomic mass is 10.0. The summed E-state index contributed by atoms with van der Waals surface area (Å²) in [4.78, 5) is 37.3. The van der Waals surface area contributed by atoms with Crippen LogP contribution in [0.15, 0.2) is 29.8 Å². The number of amides is 2. The van der Waals surface area contributed by atoms with Gasteiger partial charge in [-0.25, -0.2) is 13.2 Å². The number of anilines is 1. The van der Waals surface area contributed by atoms with Crippen molar-refractivity contribution in [3.8, 4) is 5.75 Å². The van der Waals surface area contributed by atoms with Gasteiger partial charge in [0.25, 0.3) is 5.91 Å². The maximum atomic E-state index is 12.6. The minimum absolute atomic E-state index is 0.158. The predicted molar refractivity (Wildman–Crippen MR) is 112 cm³/mol. The molecule has 2 aliphatic rings. The van der Waals surface area contributed by atoms with Crippen LogP contribution >= 0.6 is 11.8 Å². The van der Waals surface area contributed by atoms with Gasteiger partial charge >= 0.3 is 6.16 Å². The highest BCUT2D eigenvalue weighted by Crippen LogP contribution is 2.41. The minimum Gasteiger partial charge on any atom is -0.506 e. The summed E-state index contributed by atoms with van der Waals surface area (Å²) in [6, 6.07) is 1.44. The van der Waals surface area contributed by atoms with Crippen LogP contribution in [0.1, 0.15) is 11.6 Å². The van der Waals surface area contributed by atoms with E-state index in [0.717, 1.165) is 11.2 Å². The monoisotopic (exact) mass is 488 g/mol. The van der Waals surface area contributed by atoms with Gasteiger partial charge in [-0.05, 0) is 17.7 Å². The van der Waals surface area contributed by atoms with Gasteiger partial charge in [0, 0.05) is 0 Å². The van der Waals surface area contributed by atoms with E-state index in [1.165, 1.54) is 37.1 Å². The number of ether oxygens (including phenoxy) is 2. The van der Waals surface area contributed by atoms with Gasteiger partial charge < -0.3 is 30.7 Å². The molecule has 2 heterocycles. The summed E-state index contributed by atoms with van der Waals surface area (Å²) < 4.78 is 34.7. The molecule has 1 aromatic rings. The van der Waals surface area contributed by atoms with Gasteiger partial charge in [0.05, 0.1) is 24.8 Å². The number of nitrogens with one attached hydrogen (secondary N) is 2. The Balaban J connectivity index is 1.74. The second-order valence-corrected chi connectivity index (χ2v) is 9.68. The fourth-order valence-corrected chi connectivity index (χ4v) is 4.95. The fraction of sp³-hybridized carbons (Fsp3) is 0.353. The van der Waals surface area contributed by atoms with Gasteiger partial charge in [-0.1, -0.05) is 6.07 Å². The van der Waals surface area contributed by atoms with Crippen molar-refractivity contribution in [3.63, 3.8) is 0 Å². The number of nitrogens with zero attached hydrogens (tertiary/aromatic N) is 1. The molecule has 0 spiro atoms. The third-order valence-electron chi connectivity index (χ3n) is 4.57. The second-order valence-electron chi connectivity index (χ2n) is 6.82. The number of fused-ring (bicyclic) bond motifs is 1. The van der Waals surface area contributed by atoms with E-state index in [0.29, 0.717) is 0 Å². The van der Waals surface area contributed by atoms with Crippen LogP contribution in [0, 0.1) is 0 Å². The van der Waals surface area contributed by atoms with Crippen LogP contribution in [0.25, 0.3) is 0 Å². The number of carbonyl (C=O) groups excluding carboxylic acids is 2. The van der Waals surface area contributed by atoms with Crippen molar-refractivity contribution in [2.75, 3.05) is 23.8 Å². The lowest BCUT2D eigenvalue weighted by molar-refractivity contribution is -0.149. The number of benzene rings is 1. The number of carbonyl (C=O) groups is 3. The molecule has 13 nitrogen and oxygen atoms in total. The zero-order valence-electron chi connectivity index (χ0n) is 16.8. The first-order valence-electron chi connectivity index (χ1n) is 8.92. The summed E-state index contributed by atoms with van der Waals surface area (Å²) in [6.07, 6.45) is -0.721. The van der Waals surface area contributed by atoms with Gasteiger partial charge in [-0.3, -0.25) is 19.2 Å². The summed E-state index contributed by atoms with van der Waals surface area (Å²) in [5.74, 6) is -1.58. The number of hydrogen-bond acceptors (Lipinski definition) is 10. The van der Waals surface area contributed by atoms with E-state index in [1.54, 1.807) is 0 Å². The second kappa shape index (κ2) is 8.76. The van der Waals surface area contributed by atoms with Crippen LogP contribution in [0.2, 0.25) is 0 Å². The first-order chi connectivity index (χ1) is 14.9. The number of rotatable bonds is 7. The van der Waals surface area contributed by atoms with Crippen molar-refractivity contribution in [1.29, 1.82) is 0 Å². The average molecular weight is 489 g/mol. The number of aromatic hydroxyl groups is 1. The maximum Gasteiger partial charge on any atom is 0.512 e. The molecule has 3 rings (SSSR count). The number of β-lactam (4-membered cyclic amide) rings is 1. The highest BCUT2D eigenvalue weighted by Gasteiger charge is 2.54. The van der Waals surface area contributed by atoms with E-state index in [2.05, 4.69) is 14.8 Å². The molecule has 1 saturated heterocycles. The molecular formula is C17H20N4O9S2. The number of nitrogens with two attached hydrogens (primary N) is 1. The molecule has 1 aromatic carbocycles. The molecule has 1 fully saturated rings. The number of methoxy groups -OCH3 is 1. The molecule has 0 bridgehead atoms. The zero-order valence-corrected chi connectivity index (χ0v) is 18.4. The van der Waals surface area contributed by atoms with E-state index in [4.69, 9.17) is 15.6 Å². The molecular weight excluding hydrogens is 468 g/mol. The Kier molecular flexibility index (Phi) is 6.43. The van der Waals surface area contributed by atoms with Crippen LogP contribution in [0.3, 0.4) is 0 Å². The van der Waals surface area contributed by atoms with E-state index in [1.807, 2.05) is 0 Å². The molecule has 3 atom stereocenters. The number of hydrogen-bond donors (Lipinski definition) is 5. The van der Waals surface area contributed by atoms with Gasteiger partial charge in [-0.2, -0.15) is 0 Å². The van der Waals surface area contributed by atoms with Crippen molar-refractivity contribution in [1.82, 2.24) is 10.2 Å². The Morgan fingerprint density at radius 1 is 1.38 bits per heavy atom. The number of phenols is 1.